The number of hydrogen-bond acceptors (Lipinski definition) is 1. The van der Waals surface area contributed by atoms with Crippen molar-refractivity contribution < 1.29 is 0 Å². The van der Waals surface area contributed by atoms with Gasteiger partial charge in [0.25, 0.3) is 0 Å². The largest absolute Gasteiger partial charge is 0.369 e. The summed E-state index contributed by atoms with van der Waals surface area (Å²) in [5.41, 5.74) is 12.2. The van der Waals surface area contributed by atoms with E-state index in [2.05, 4.69) is 66.6 Å². The lowest BCUT2D eigenvalue weighted by Gasteiger charge is -2.11. The molecule has 0 heterocycles. The van der Waals surface area contributed by atoms with Gasteiger partial charge in [-0.3, -0.25) is 0 Å². The molecule has 0 aromatic heterocycles. The van der Waals surface area contributed by atoms with Crippen molar-refractivity contribution in [2.24, 2.45) is 10.7 Å². The summed E-state index contributed by atoms with van der Waals surface area (Å²) < 4.78 is 0. The van der Waals surface area contributed by atoms with Crippen molar-refractivity contribution in [2.45, 2.75) is 32.6 Å². The van der Waals surface area contributed by atoms with Crippen LogP contribution in [0.25, 0.3) is 10.8 Å². The molecule has 25 heavy (non-hydrogen) atoms. The second kappa shape index (κ2) is 6.25. The highest BCUT2D eigenvalue weighted by molar-refractivity contribution is 5.98. The molecular formula is C22H23N3. The zero-order valence-electron chi connectivity index (χ0n) is 14.7. The van der Waals surface area contributed by atoms with Crippen LogP contribution in [0.2, 0.25) is 0 Å². The minimum Gasteiger partial charge on any atom is -0.369 e. The lowest BCUT2D eigenvalue weighted by molar-refractivity contribution is 0.867. The average molecular weight is 329 g/mol. The van der Waals surface area contributed by atoms with E-state index in [1.807, 2.05) is 12.1 Å². The van der Waals surface area contributed by atoms with Gasteiger partial charge in [-0.2, -0.15) is 0 Å². The molecule has 1 aliphatic carbocycles. The SMILES string of the molecule is CC(C)c1cccc(NC(N)=Nc2ccc3cccc4c3c2CC4)c1. The molecule has 0 saturated carbocycles. The number of nitrogens with zero attached hydrogens (tertiary/aromatic N) is 1. The van der Waals surface area contributed by atoms with Crippen LogP contribution in [0.1, 0.15) is 36.5 Å². The summed E-state index contributed by atoms with van der Waals surface area (Å²) in [4.78, 5) is 4.67. The fourth-order valence-electron chi connectivity index (χ4n) is 3.63. The molecule has 0 saturated heterocycles. The summed E-state index contributed by atoms with van der Waals surface area (Å²) >= 11 is 0. The Hall–Kier alpha value is -2.81. The summed E-state index contributed by atoms with van der Waals surface area (Å²) in [6.45, 7) is 4.37. The zero-order chi connectivity index (χ0) is 17.4. The van der Waals surface area contributed by atoms with E-state index in [-0.39, 0.29) is 0 Å². The van der Waals surface area contributed by atoms with Gasteiger partial charge in [-0.25, -0.2) is 4.99 Å². The van der Waals surface area contributed by atoms with Crippen LogP contribution in [-0.2, 0) is 12.8 Å². The number of aryl methyl sites for hydroxylation is 2. The minimum atomic E-state index is 0.431. The summed E-state index contributed by atoms with van der Waals surface area (Å²) in [5, 5.41) is 5.88. The number of aliphatic imine (C=N–C) groups is 1. The molecule has 0 amide bonds. The third-order valence-electron chi connectivity index (χ3n) is 4.93. The van der Waals surface area contributed by atoms with E-state index in [4.69, 9.17) is 5.73 Å². The molecule has 3 nitrogen and oxygen atoms in total. The van der Waals surface area contributed by atoms with Gasteiger partial charge < -0.3 is 11.1 Å². The summed E-state index contributed by atoms with van der Waals surface area (Å²) in [7, 11) is 0. The van der Waals surface area contributed by atoms with Crippen LogP contribution >= 0.6 is 0 Å². The Morgan fingerprint density at radius 3 is 2.72 bits per heavy atom. The number of anilines is 1. The fourth-order valence-corrected chi connectivity index (χ4v) is 3.63. The Kier molecular flexibility index (Phi) is 3.92. The third-order valence-corrected chi connectivity index (χ3v) is 4.93. The van der Waals surface area contributed by atoms with Crippen LogP contribution in [0.4, 0.5) is 11.4 Å². The van der Waals surface area contributed by atoms with E-state index in [0.29, 0.717) is 11.9 Å². The highest BCUT2D eigenvalue weighted by Crippen LogP contribution is 2.36. The van der Waals surface area contributed by atoms with Gasteiger partial charge in [-0.1, -0.05) is 50.2 Å². The average Bonchev–Trinajstić information content (AvgIpc) is 3.04. The molecule has 0 bridgehead atoms. The van der Waals surface area contributed by atoms with Crippen molar-refractivity contribution in [3.05, 3.63) is 71.3 Å². The lowest BCUT2D eigenvalue weighted by Crippen LogP contribution is -2.22. The smallest absolute Gasteiger partial charge is 0.198 e. The van der Waals surface area contributed by atoms with Crippen LogP contribution in [0.15, 0.2) is 59.6 Å². The highest BCUT2D eigenvalue weighted by atomic mass is 15.1. The van der Waals surface area contributed by atoms with Crippen LogP contribution in [-0.4, -0.2) is 5.96 Å². The van der Waals surface area contributed by atoms with Crippen molar-refractivity contribution >= 4 is 28.1 Å². The van der Waals surface area contributed by atoms with Crippen molar-refractivity contribution in [1.82, 2.24) is 0 Å². The molecule has 3 aromatic carbocycles. The second-order valence-electron chi connectivity index (χ2n) is 6.98. The Balaban J connectivity index is 1.66. The Morgan fingerprint density at radius 1 is 1.04 bits per heavy atom. The topological polar surface area (TPSA) is 50.4 Å². The molecule has 0 radical (unpaired) electrons. The minimum absolute atomic E-state index is 0.431. The summed E-state index contributed by atoms with van der Waals surface area (Å²) in [6, 6.07) is 19.1. The highest BCUT2D eigenvalue weighted by Gasteiger charge is 2.17. The maximum Gasteiger partial charge on any atom is 0.198 e. The van der Waals surface area contributed by atoms with Gasteiger partial charge in [0.05, 0.1) is 5.69 Å². The number of nitrogens with one attached hydrogen (secondary N) is 1. The van der Waals surface area contributed by atoms with Crippen molar-refractivity contribution in [1.29, 1.82) is 0 Å². The first-order valence-electron chi connectivity index (χ1n) is 8.86. The Morgan fingerprint density at radius 2 is 1.88 bits per heavy atom. The van der Waals surface area contributed by atoms with Gasteiger partial charge in [0.1, 0.15) is 0 Å². The lowest BCUT2D eigenvalue weighted by atomic mass is 10.0. The molecule has 3 aromatic rings. The molecule has 3 N–H and O–H groups in total. The molecule has 4 rings (SSSR count). The van der Waals surface area contributed by atoms with Gasteiger partial charge in [0.15, 0.2) is 5.96 Å². The first kappa shape index (κ1) is 15.7. The Bertz CT molecular complexity index is 970. The van der Waals surface area contributed by atoms with E-state index in [1.54, 1.807) is 0 Å². The number of guanidine groups is 1. The Labute approximate surface area is 148 Å². The van der Waals surface area contributed by atoms with E-state index >= 15 is 0 Å². The van der Waals surface area contributed by atoms with Crippen molar-refractivity contribution in [2.75, 3.05) is 5.32 Å². The van der Waals surface area contributed by atoms with E-state index in [9.17, 15) is 0 Å². The quantitative estimate of drug-likeness (QED) is 0.517. The number of hydrogen-bond donors (Lipinski definition) is 2. The van der Waals surface area contributed by atoms with Crippen molar-refractivity contribution in [3.63, 3.8) is 0 Å². The monoisotopic (exact) mass is 329 g/mol. The van der Waals surface area contributed by atoms with Gasteiger partial charge in [0.2, 0.25) is 0 Å². The van der Waals surface area contributed by atoms with Gasteiger partial charge in [0, 0.05) is 5.69 Å². The maximum atomic E-state index is 6.19. The molecule has 0 aliphatic heterocycles. The maximum absolute atomic E-state index is 6.19. The number of rotatable bonds is 3. The van der Waals surface area contributed by atoms with Crippen LogP contribution in [0, 0.1) is 0 Å². The van der Waals surface area contributed by atoms with E-state index < -0.39 is 0 Å². The molecule has 0 spiro atoms. The second-order valence-corrected chi connectivity index (χ2v) is 6.98. The number of nitrogens with two attached hydrogens (primary N) is 1. The molecule has 126 valence electrons. The first-order valence-corrected chi connectivity index (χ1v) is 8.86. The van der Waals surface area contributed by atoms with Gasteiger partial charge in [-0.15, -0.1) is 0 Å². The molecule has 0 atom stereocenters. The fraction of sp³-hybridized carbons (Fsp3) is 0.227. The van der Waals surface area contributed by atoms with Crippen LogP contribution in [0.3, 0.4) is 0 Å². The predicted octanol–water partition coefficient (Wildman–Crippen LogP) is 5.12. The van der Waals surface area contributed by atoms with Gasteiger partial charge in [-0.05, 0) is 64.4 Å². The summed E-state index contributed by atoms with van der Waals surface area (Å²) in [5.74, 6) is 0.917. The first-order chi connectivity index (χ1) is 12.1. The predicted molar refractivity (Wildman–Crippen MR) is 107 cm³/mol. The zero-order valence-corrected chi connectivity index (χ0v) is 14.7. The van der Waals surface area contributed by atoms with Crippen LogP contribution in [0.5, 0.6) is 0 Å². The molecule has 3 heteroatoms. The van der Waals surface area contributed by atoms with Crippen LogP contribution < -0.4 is 11.1 Å². The molecule has 1 aliphatic rings. The van der Waals surface area contributed by atoms with Crippen molar-refractivity contribution in [3.8, 4) is 0 Å². The van der Waals surface area contributed by atoms with E-state index in [0.717, 1.165) is 24.2 Å². The molecule has 0 unspecified atom stereocenters. The normalized spacial score (nSPS) is 13.6. The molecule has 0 fully saturated rings. The van der Waals surface area contributed by atoms with Gasteiger partial charge >= 0.3 is 0 Å². The van der Waals surface area contributed by atoms with E-state index in [1.165, 1.54) is 27.5 Å². The third kappa shape index (κ3) is 2.98. The molecular weight excluding hydrogens is 306 g/mol. The summed E-state index contributed by atoms with van der Waals surface area (Å²) in [6.07, 6.45) is 2.12. The standard InChI is InChI=1S/C22H23N3/c1-14(2)17-7-4-8-18(13-17)24-22(23)25-20-12-10-16-6-3-5-15-9-11-19(20)21(15)16/h3-8,10,12-14H,9,11H2,1-2H3,(H3,23,24,25). The number of benzene rings is 3.